The summed E-state index contributed by atoms with van der Waals surface area (Å²) >= 11 is 11.9. The van der Waals surface area contributed by atoms with Crippen molar-refractivity contribution in [2.24, 2.45) is 0 Å². The molecule has 0 saturated carbocycles. The summed E-state index contributed by atoms with van der Waals surface area (Å²) in [6.45, 7) is 2.00. The molecule has 1 unspecified atom stereocenters. The first-order valence-electron chi connectivity index (χ1n) is 4.81. The van der Waals surface area contributed by atoms with E-state index in [1.807, 2.05) is 6.92 Å². The summed E-state index contributed by atoms with van der Waals surface area (Å²) in [4.78, 5) is 0. The summed E-state index contributed by atoms with van der Waals surface area (Å²) in [6, 6.07) is 3.28. The van der Waals surface area contributed by atoms with E-state index in [0.29, 0.717) is 27.8 Å². The second-order valence-corrected chi connectivity index (χ2v) is 4.13. The molecule has 4 heteroatoms. The molecule has 1 aromatic rings. The van der Waals surface area contributed by atoms with Gasteiger partial charge in [0.1, 0.15) is 5.75 Å². The van der Waals surface area contributed by atoms with Crippen molar-refractivity contribution in [1.29, 1.82) is 0 Å². The number of aliphatic hydroxyl groups excluding tert-OH is 1. The number of halogens is 2. The van der Waals surface area contributed by atoms with Crippen molar-refractivity contribution in [1.82, 2.24) is 0 Å². The molecule has 1 aromatic carbocycles. The predicted octanol–water partition coefficient (Wildman–Crippen LogP) is 3.84. The van der Waals surface area contributed by atoms with Gasteiger partial charge < -0.3 is 9.84 Å². The van der Waals surface area contributed by atoms with E-state index in [2.05, 4.69) is 0 Å². The molecule has 0 amide bonds. The maximum atomic E-state index is 9.83. The van der Waals surface area contributed by atoms with Gasteiger partial charge in [0.05, 0.1) is 18.2 Å². The first-order valence-corrected chi connectivity index (χ1v) is 5.56. The Hall–Kier alpha value is -0.440. The predicted molar refractivity (Wildman–Crippen MR) is 62.9 cm³/mol. The number of hydrogen-bond acceptors (Lipinski definition) is 2. The molecule has 0 radical (unpaired) electrons. The minimum absolute atomic E-state index is 0.454. The SMILES string of the molecule is CCCC(O)c1cc(OC)c(Cl)cc1Cl. The van der Waals surface area contributed by atoms with E-state index in [9.17, 15) is 5.11 Å². The molecule has 0 heterocycles. The molecule has 1 rings (SSSR count). The standard InChI is InChI=1S/C11H14Cl2O2/c1-3-4-10(14)7-5-11(15-2)9(13)6-8(7)12/h5-6,10,14H,3-4H2,1-2H3. The average molecular weight is 249 g/mol. The smallest absolute Gasteiger partial charge is 0.137 e. The molecule has 0 aliphatic heterocycles. The quantitative estimate of drug-likeness (QED) is 0.878. The molecule has 0 saturated heterocycles. The van der Waals surface area contributed by atoms with E-state index in [1.54, 1.807) is 12.1 Å². The van der Waals surface area contributed by atoms with Crippen LogP contribution in [0.3, 0.4) is 0 Å². The lowest BCUT2D eigenvalue weighted by Gasteiger charge is -2.14. The van der Waals surface area contributed by atoms with Gasteiger partial charge in [0, 0.05) is 10.6 Å². The highest BCUT2D eigenvalue weighted by molar-refractivity contribution is 6.36. The summed E-state index contributed by atoms with van der Waals surface area (Å²) < 4.78 is 5.07. The Kier molecular flexibility index (Phi) is 4.71. The molecule has 2 nitrogen and oxygen atoms in total. The van der Waals surface area contributed by atoms with Crippen molar-refractivity contribution >= 4 is 23.2 Å². The van der Waals surface area contributed by atoms with Crippen molar-refractivity contribution in [3.8, 4) is 5.75 Å². The van der Waals surface area contributed by atoms with E-state index in [-0.39, 0.29) is 0 Å². The van der Waals surface area contributed by atoms with E-state index in [0.717, 1.165) is 6.42 Å². The maximum absolute atomic E-state index is 9.83. The summed E-state index contributed by atoms with van der Waals surface area (Å²) in [5.41, 5.74) is 0.666. The van der Waals surface area contributed by atoms with Gasteiger partial charge >= 0.3 is 0 Å². The third kappa shape index (κ3) is 3.00. The van der Waals surface area contributed by atoms with E-state index < -0.39 is 6.10 Å². The van der Waals surface area contributed by atoms with E-state index >= 15 is 0 Å². The molecule has 0 aliphatic rings. The summed E-state index contributed by atoms with van der Waals surface area (Å²) in [7, 11) is 1.53. The number of rotatable bonds is 4. The second-order valence-electron chi connectivity index (χ2n) is 3.31. The molecule has 84 valence electrons. The van der Waals surface area contributed by atoms with Gasteiger partial charge in [-0.25, -0.2) is 0 Å². The topological polar surface area (TPSA) is 29.5 Å². The highest BCUT2D eigenvalue weighted by Crippen LogP contribution is 2.35. The molecule has 0 aromatic heterocycles. The second kappa shape index (κ2) is 5.59. The lowest BCUT2D eigenvalue weighted by Crippen LogP contribution is -1.99. The third-order valence-corrected chi connectivity index (χ3v) is 2.81. The van der Waals surface area contributed by atoms with Gasteiger partial charge in [-0.15, -0.1) is 0 Å². The summed E-state index contributed by atoms with van der Waals surface area (Å²) in [6.07, 6.45) is 1.00. The Morgan fingerprint density at radius 1 is 1.33 bits per heavy atom. The lowest BCUT2D eigenvalue weighted by atomic mass is 10.1. The van der Waals surface area contributed by atoms with Gasteiger partial charge in [-0.1, -0.05) is 36.5 Å². The summed E-state index contributed by atoms with van der Waals surface area (Å²) in [5, 5.41) is 10.8. The molecule has 15 heavy (non-hydrogen) atoms. The Morgan fingerprint density at radius 3 is 2.53 bits per heavy atom. The lowest BCUT2D eigenvalue weighted by molar-refractivity contribution is 0.166. The van der Waals surface area contributed by atoms with Crippen molar-refractivity contribution < 1.29 is 9.84 Å². The molecule has 0 aliphatic carbocycles. The van der Waals surface area contributed by atoms with Crippen LogP contribution in [0.1, 0.15) is 31.4 Å². The van der Waals surface area contributed by atoms with Crippen LogP contribution in [0.15, 0.2) is 12.1 Å². The average Bonchev–Trinajstić information content (AvgIpc) is 2.18. The maximum Gasteiger partial charge on any atom is 0.137 e. The fraction of sp³-hybridized carbons (Fsp3) is 0.455. The van der Waals surface area contributed by atoms with Crippen LogP contribution >= 0.6 is 23.2 Å². The first-order chi connectivity index (χ1) is 7.10. The van der Waals surface area contributed by atoms with Crippen molar-refractivity contribution in [3.05, 3.63) is 27.7 Å². The zero-order valence-corrected chi connectivity index (χ0v) is 10.3. The van der Waals surface area contributed by atoms with Gasteiger partial charge in [0.15, 0.2) is 0 Å². The van der Waals surface area contributed by atoms with Crippen LogP contribution < -0.4 is 4.74 Å². The number of methoxy groups -OCH3 is 1. The molecule has 1 N–H and O–H groups in total. The highest BCUT2D eigenvalue weighted by Gasteiger charge is 2.14. The van der Waals surface area contributed by atoms with Gasteiger partial charge in [-0.2, -0.15) is 0 Å². The molecule has 0 bridgehead atoms. The monoisotopic (exact) mass is 248 g/mol. The zero-order valence-electron chi connectivity index (χ0n) is 8.76. The van der Waals surface area contributed by atoms with Gasteiger partial charge in [0.25, 0.3) is 0 Å². The van der Waals surface area contributed by atoms with E-state index in [1.165, 1.54) is 7.11 Å². The van der Waals surface area contributed by atoms with Gasteiger partial charge in [-0.3, -0.25) is 0 Å². The highest BCUT2D eigenvalue weighted by atomic mass is 35.5. The zero-order chi connectivity index (χ0) is 11.4. The number of ether oxygens (including phenoxy) is 1. The van der Waals surface area contributed by atoms with Crippen molar-refractivity contribution in [2.75, 3.05) is 7.11 Å². The molecular formula is C11H14Cl2O2. The van der Waals surface area contributed by atoms with Gasteiger partial charge in [0.2, 0.25) is 0 Å². The summed E-state index contributed by atoms with van der Waals surface area (Å²) in [5.74, 6) is 0.534. The van der Waals surface area contributed by atoms with Crippen LogP contribution in [0.2, 0.25) is 10.0 Å². The number of hydrogen-bond donors (Lipinski definition) is 1. The third-order valence-electron chi connectivity index (χ3n) is 2.19. The Labute approximate surface area is 99.8 Å². The largest absolute Gasteiger partial charge is 0.495 e. The van der Waals surface area contributed by atoms with Gasteiger partial charge in [-0.05, 0) is 18.6 Å². The fourth-order valence-electron chi connectivity index (χ4n) is 1.39. The number of aliphatic hydroxyl groups is 1. The number of benzene rings is 1. The van der Waals surface area contributed by atoms with E-state index in [4.69, 9.17) is 27.9 Å². The molecular weight excluding hydrogens is 235 g/mol. The minimum Gasteiger partial charge on any atom is -0.495 e. The van der Waals surface area contributed by atoms with Crippen LogP contribution in [0, 0.1) is 0 Å². The first kappa shape index (κ1) is 12.6. The van der Waals surface area contributed by atoms with Crippen LogP contribution in [0.4, 0.5) is 0 Å². The Balaban J connectivity index is 3.06. The Bertz CT molecular complexity index is 340. The van der Waals surface area contributed by atoms with Crippen LogP contribution in [0.5, 0.6) is 5.75 Å². The molecule has 0 spiro atoms. The molecule has 1 atom stereocenters. The van der Waals surface area contributed by atoms with Crippen molar-refractivity contribution in [2.45, 2.75) is 25.9 Å². The van der Waals surface area contributed by atoms with Crippen LogP contribution in [0.25, 0.3) is 0 Å². The van der Waals surface area contributed by atoms with Crippen LogP contribution in [-0.2, 0) is 0 Å². The normalized spacial score (nSPS) is 12.6. The van der Waals surface area contributed by atoms with Crippen LogP contribution in [-0.4, -0.2) is 12.2 Å². The minimum atomic E-state index is -0.561. The fourth-order valence-corrected chi connectivity index (χ4v) is 1.97. The van der Waals surface area contributed by atoms with Crippen molar-refractivity contribution in [3.63, 3.8) is 0 Å². The molecule has 0 fully saturated rings. The Morgan fingerprint density at radius 2 is 2.00 bits per heavy atom.